The Morgan fingerprint density at radius 3 is 2.25 bits per heavy atom. The van der Waals surface area contributed by atoms with Crippen molar-refractivity contribution >= 4 is 80.9 Å². The summed E-state index contributed by atoms with van der Waals surface area (Å²) in [4.78, 5) is 23.6. The van der Waals surface area contributed by atoms with Crippen LogP contribution in [-0.4, -0.2) is 36.6 Å². The number of phenolic OH excluding ortho intramolecular Hbond substituents is 2. The molecule has 3 rings (SSSR count). The first-order chi connectivity index (χ1) is 13.1. The Balaban J connectivity index is 2.38. The number of aryl methyl sites for hydroxylation is 1. The number of nitrogens with zero attached hydrogens (tertiary/aromatic N) is 1. The number of benzene rings is 2. The molecule has 0 aliphatic heterocycles. The molecule has 4 radical (unpaired) electrons. The molecule has 0 fully saturated rings. The van der Waals surface area contributed by atoms with Crippen molar-refractivity contribution in [3.63, 3.8) is 0 Å². The lowest BCUT2D eigenvalue weighted by atomic mass is 9.81. The minimum absolute atomic E-state index is 0.00256. The van der Waals surface area contributed by atoms with Gasteiger partial charge in [-0.1, -0.05) is 6.92 Å². The monoisotopic (exact) mass is 503 g/mol. The first-order valence-electron chi connectivity index (χ1n) is 7.82. The van der Waals surface area contributed by atoms with Crippen LogP contribution in [0.4, 0.5) is 5.69 Å². The van der Waals surface area contributed by atoms with Crippen LogP contribution in [0.1, 0.15) is 28.6 Å². The van der Waals surface area contributed by atoms with E-state index >= 15 is 0 Å². The van der Waals surface area contributed by atoms with Crippen molar-refractivity contribution in [2.75, 3.05) is 0 Å². The van der Waals surface area contributed by atoms with Gasteiger partial charge in [0.25, 0.3) is 0 Å². The number of carbonyl (C=O) groups is 1. The molecule has 1 aromatic heterocycles. The third-order valence-corrected chi connectivity index (χ3v) is 5.45. The largest absolute Gasteiger partial charge is 0.506 e. The van der Waals surface area contributed by atoms with Crippen molar-refractivity contribution in [3.8, 4) is 11.5 Å². The van der Waals surface area contributed by atoms with Crippen molar-refractivity contribution in [3.05, 3.63) is 48.1 Å². The number of nitro benzene ring substituents is 1. The van der Waals surface area contributed by atoms with Crippen molar-refractivity contribution in [2.45, 2.75) is 13.3 Å². The minimum atomic E-state index is -0.871. The van der Waals surface area contributed by atoms with Crippen LogP contribution in [0, 0.1) is 10.1 Å². The van der Waals surface area contributed by atoms with E-state index in [1.165, 1.54) is 12.1 Å². The summed E-state index contributed by atoms with van der Waals surface area (Å²) in [5, 5.41) is 31.3. The molecule has 7 nitrogen and oxygen atoms in total. The van der Waals surface area contributed by atoms with E-state index in [0.717, 1.165) is 0 Å². The molecule has 28 heavy (non-hydrogen) atoms. The number of hydrogen-bond acceptors (Lipinski definition) is 6. The fourth-order valence-corrected chi connectivity index (χ4v) is 4.11. The average Bonchev–Trinajstić information content (AvgIpc) is 3.03. The summed E-state index contributed by atoms with van der Waals surface area (Å²) in [6.45, 7) is 1.72. The number of aromatic hydroxyl groups is 2. The summed E-state index contributed by atoms with van der Waals surface area (Å²) in [5.41, 5.74) is -1.50. The number of carbonyl (C=O) groups excluding carboxylic acids is 1. The first kappa shape index (κ1) is 20.5. The van der Waals surface area contributed by atoms with E-state index in [0.29, 0.717) is 0 Å². The normalized spacial score (nSPS) is 11.1. The van der Waals surface area contributed by atoms with Gasteiger partial charge in [0.15, 0.2) is 11.5 Å². The lowest BCUT2D eigenvalue weighted by molar-refractivity contribution is -0.384. The number of rotatable bonds is 4. The Labute approximate surface area is 178 Å². The molecular weight excluding hydrogens is 496 g/mol. The smallest absolute Gasteiger partial charge is 0.306 e. The second-order valence-corrected chi connectivity index (χ2v) is 7.57. The summed E-state index contributed by atoms with van der Waals surface area (Å²) in [6.07, 6.45) is 0.267. The van der Waals surface area contributed by atoms with Gasteiger partial charge in [-0.3, -0.25) is 14.9 Å². The number of fused-ring (bicyclic) bond motifs is 1. The van der Waals surface area contributed by atoms with Gasteiger partial charge < -0.3 is 14.6 Å². The van der Waals surface area contributed by atoms with E-state index in [1.807, 2.05) is 0 Å². The summed E-state index contributed by atoms with van der Waals surface area (Å²) in [7, 11) is 11.7. The van der Waals surface area contributed by atoms with Gasteiger partial charge in [-0.15, -0.1) is 0 Å². The lowest BCUT2D eigenvalue weighted by Crippen LogP contribution is -2.19. The second kappa shape index (κ2) is 7.29. The molecule has 2 N–H and O–H groups in total. The predicted octanol–water partition coefficient (Wildman–Crippen LogP) is 2.66. The first-order valence-corrected chi connectivity index (χ1v) is 9.41. The van der Waals surface area contributed by atoms with Crippen LogP contribution >= 0.6 is 31.9 Å². The van der Waals surface area contributed by atoms with Crippen LogP contribution in [0.25, 0.3) is 11.0 Å². The van der Waals surface area contributed by atoms with Crippen LogP contribution < -0.4 is 10.9 Å². The van der Waals surface area contributed by atoms with E-state index in [1.54, 1.807) is 6.92 Å². The molecule has 11 heteroatoms. The highest BCUT2D eigenvalue weighted by Gasteiger charge is 2.30. The van der Waals surface area contributed by atoms with Gasteiger partial charge in [0.05, 0.1) is 19.4 Å². The zero-order valence-corrected chi connectivity index (χ0v) is 17.4. The molecule has 0 amide bonds. The number of halogens is 2. The number of furan rings is 1. The van der Waals surface area contributed by atoms with Crippen molar-refractivity contribution in [2.24, 2.45) is 0 Å². The molecule has 138 valence electrons. The Kier molecular flexibility index (Phi) is 5.33. The van der Waals surface area contributed by atoms with Crippen LogP contribution in [0.5, 0.6) is 11.5 Å². The van der Waals surface area contributed by atoms with Crippen molar-refractivity contribution < 1.29 is 24.3 Å². The zero-order chi connectivity index (χ0) is 20.9. The highest BCUT2D eigenvalue weighted by molar-refractivity contribution is 9.11. The lowest BCUT2D eigenvalue weighted by Gasteiger charge is -2.09. The maximum Gasteiger partial charge on any atom is 0.306 e. The van der Waals surface area contributed by atoms with Crippen molar-refractivity contribution in [1.29, 1.82) is 0 Å². The highest BCUT2D eigenvalue weighted by Crippen LogP contribution is 2.36. The molecule has 0 bridgehead atoms. The van der Waals surface area contributed by atoms with Gasteiger partial charge in [0.2, 0.25) is 0 Å². The van der Waals surface area contributed by atoms with E-state index in [2.05, 4.69) is 31.9 Å². The quantitative estimate of drug-likeness (QED) is 0.244. The molecule has 0 spiro atoms. The fourth-order valence-electron chi connectivity index (χ4n) is 2.92. The Hall–Kier alpha value is -2.26. The van der Waals surface area contributed by atoms with Crippen LogP contribution in [0.2, 0.25) is 0 Å². The fraction of sp³-hybridized carbons (Fsp3) is 0.118. The minimum Gasteiger partial charge on any atom is -0.506 e. The predicted molar refractivity (Wildman–Crippen MR) is 112 cm³/mol. The van der Waals surface area contributed by atoms with Crippen molar-refractivity contribution in [1.82, 2.24) is 0 Å². The summed E-state index contributed by atoms with van der Waals surface area (Å²) in [5.74, 6) is -1.23. The highest BCUT2D eigenvalue weighted by atomic mass is 79.9. The van der Waals surface area contributed by atoms with Gasteiger partial charge in [0, 0.05) is 22.8 Å². The maximum absolute atomic E-state index is 13.2. The van der Waals surface area contributed by atoms with Gasteiger partial charge >= 0.3 is 5.69 Å². The standard InChI is InChI=1S/C17H9B2Br2NO6/c1-2-8-9(14(23)5-3-6(20)15(24)7(21)4-5)10-11(18)16(25)13(22(26)27)12(19)17(10)28-8/h3-4,24-25H,2H2,1H3. The number of nitro groups is 1. The van der Waals surface area contributed by atoms with Gasteiger partial charge in [0.1, 0.15) is 32.8 Å². The Morgan fingerprint density at radius 2 is 1.75 bits per heavy atom. The molecule has 0 saturated carbocycles. The molecule has 0 aliphatic rings. The number of phenols is 2. The van der Waals surface area contributed by atoms with E-state index < -0.39 is 27.6 Å². The van der Waals surface area contributed by atoms with E-state index in [-0.39, 0.29) is 54.4 Å². The van der Waals surface area contributed by atoms with Crippen LogP contribution in [0.3, 0.4) is 0 Å². The van der Waals surface area contributed by atoms with E-state index in [4.69, 9.17) is 20.1 Å². The summed E-state index contributed by atoms with van der Waals surface area (Å²) >= 11 is 6.32. The van der Waals surface area contributed by atoms with Crippen LogP contribution in [0.15, 0.2) is 25.5 Å². The third kappa shape index (κ3) is 3.02. The molecule has 0 unspecified atom stereocenters. The molecule has 3 aromatic rings. The third-order valence-electron chi connectivity index (χ3n) is 4.24. The Bertz CT molecular complexity index is 1150. The second-order valence-electron chi connectivity index (χ2n) is 5.86. The number of ketones is 1. The maximum atomic E-state index is 13.2. The van der Waals surface area contributed by atoms with Gasteiger partial charge in [-0.2, -0.15) is 0 Å². The Morgan fingerprint density at radius 1 is 1.18 bits per heavy atom. The zero-order valence-electron chi connectivity index (χ0n) is 14.2. The topological polar surface area (TPSA) is 114 Å². The van der Waals surface area contributed by atoms with Gasteiger partial charge in [-0.05, 0) is 49.5 Å². The molecular formula is C17H9B2Br2NO6. The van der Waals surface area contributed by atoms with Gasteiger partial charge in [-0.25, -0.2) is 0 Å². The molecule has 0 saturated heterocycles. The SMILES string of the molecule is [B]c1c([N+](=O)[O-])c(O)c([B])c2c(C(=O)c3cc(Br)c(O)c(Br)c3)c(CC)oc12. The molecule has 0 aliphatic carbocycles. The van der Waals surface area contributed by atoms with E-state index in [9.17, 15) is 25.1 Å². The average molecular weight is 505 g/mol. The molecule has 0 atom stereocenters. The molecule has 2 aromatic carbocycles. The summed E-state index contributed by atoms with van der Waals surface area (Å²) in [6, 6.07) is 2.82. The van der Waals surface area contributed by atoms with Crippen LogP contribution in [-0.2, 0) is 6.42 Å². The molecule has 1 heterocycles. The number of hydrogen-bond donors (Lipinski definition) is 2. The summed E-state index contributed by atoms with van der Waals surface area (Å²) < 4.78 is 6.18.